The van der Waals surface area contributed by atoms with Gasteiger partial charge in [0.1, 0.15) is 0 Å². The number of amides is 3. The number of anilines is 1. The molecule has 0 aromatic heterocycles. The summed E-state index contributed by atoms with van der Waals surface area (Å²) in [5.41, 5.74) is 1.63. The van der Waals surface area contributed by atoms with Gasteiger partial charge in [-0.15, -0.1) is 0 Å². The molecule has 1 aliphatic carbocycles. The van der Waals surface area contributed by atoms with Crippen LogP contribution in [0.25, 0.3) is 0 Å². The van der Waals surface area contributed by atoms with Gasteiger partial charge in [0.25, 0.3) is 11.8 Å². The van der Waals surface area contributed by atoms with Crippen molar-refractivity contribution in [2.24, 2.45) is 0 Å². The van der Waals surface area contributed by atoms with Crippen LogP contribution in [0.15, 0.2) is 54.6 Å². The minimum Gasteiger partial charge on any atom is -0.349 e. The van der Waals surface area contributed by atoms with E-state index in [9.17, 15) is 14.4 Å². The topological polar surface area (TPSA) is 87.3 Å². The molecule has 6 heteroatoms. The van der Waals surface area contributed by atoms with Crippen LogP contribution in [-0.4, -0.2) is 29.8 Å². The highest BCUT2D eigenvalue weighted by Gasteiger charge is 2.23. The Hall–Kier alpha value is -3.15. The maximum atomic E-state index is 12.2. The summed E-state index contributed by atoms with van der Waals surface area (Å²) in [4.78, 5) is 36.5. The van der Waals surface area contributed by atoms with Crippen molar-refractivity contribution in [3.05, 3.63) is 65.7 Å². The normalized spacial score (nSPS) is 14.1. The summed E-state index contributed by atoms with van der Waals surface area (Å²) in [7, 11) is 0. The Kier molecular flexibility index (Phi) is 5.86. The molecule has 3 rings (SSSR count). The van der Waals surface area contributed by atoms with Gasteiger partial charge in [0.15, 0.2) is 0 Å². The number of hydrogen-bond acceptors (Lipinski definition) is 3. The minimum atomic E-state index is -0.320. The second-order valence-corrected chi connectivity index (χ2v) is 6.82. The lowest BCUT2D eigenvalue weighted by molar-refractivity contribution is -0.116. The van der Waals surface area contributed by atoms with E-state index in [1.807, 2.05) is 6.07 Å². The van der Waals surface area contributed by atoms with Crippen LogP contribution >= 0.6 is 0 Å². The molecule has 1 atom stereocenters. The molecule has 3 amide bonds. The Labute approximate surface area is 158 Å². The molecule has 0 saturated heterocycles. The van der Waals surface area contributed by atoms with Crippen molar-refractivity contribution >= 4 is 23.4 Å². The highest BCUT2D eigenvalue weighted by atomic mass is 16.2. The van der Waals surface area contributed by atoms with E-state index in [4.69, 9.17) is 0 Å². The zero-order chi connectivity index (χ0) is 19.2. The van der Waals surface area contributed by atoms with Crippen molar-refractivity contribution in [3.63, 3.8) is 0 Å². The van der Waals surface area contributed by atoms with Crippen molar-refractivity contribution in [2.75, 3.05) is 5.32 Å². The highest BCUT2D eigenvalue weighted by molar-refractivity contribution is 5.98. The third-order valence-corrected chi connectivity index (χ3v) is 4.23. The molecular formula is C21H23N3O3. The lowest BCUT2D eigenvalue weighted by Gasteiger charge is -2.14. The van der Waals surface area contributed by atoms with Crippen molar-refractivity contribution in [2.45, 2.75) is 38.3 Å². The van der Waals surface area contributed by atoms with E-state index in [0.717, 1.165) is 12.8 Å². The lowest BCUT2D eigenvalue weighted by atomic mass is 10.1. The zero-order valence-corrected chi connectivity index (χ0v) is 15.2. The smallest absolute Gasteiger partial charge is 0.251 e. The molecule has 1 saturated carbocycles. The molecule has 140 valence electrons. The number of rotatable bonds is 7. The molecule has 2 aromatic carbocycles. The van der Waals surface area contributed by atoms with E-state index < -0.39 is 0 Å². The fourth-order valence-corrected chi connectivity index (χ4v) is 2.67. The van der Waals surface area contributed by atoms with Crippen LogP contribution in [0.5, 0.6) is 0 Å². The van der Waals surface area contributed by atoms with Gasteiger partial charge in [-0.25, -0.2) is 0 Å². The number of nitrogens with one attached hydrogen (secondary N) is 3. The van der Waals surface area contributed by atoms with Crippen LogP contribution < -0.4 is 16.0 Å². The maximum Gasteiger partial charge on any atom is 0.251 e. The Balaban J connectivity index is 1.51. The predicted octanol–water partition coefficient (Wildman–Crippen LogP) is 2.73. The van der Waals surface area contributed by atoms with Crippen molar-refractivity contribution in [1.82, 2.24) is 10.6 Å². The largest absolute Gasteiger partial charge is 0.349 e. The van der Waals surface area contributed by atoms with E-state index in [-0.39, 0.29) is 36.2 Å². The standard InChI is InChI=1S/C21H23N3O3/c1-14(22-20(26)15-6-3-2-4-7-15)12-19(25)23-18-9-5-8-16(13-18)21(27)24-17-10-11-17/h2-9,13-14,17H,10-12H2,1H3,(H,22,26)(H,23,25)(H,24,27)/t14-/m1/s1. The molecule has 0 bridgehead atoms. The van der Waals surface area contributed by atoms with Gasteiger partial charge in [0, 0.05) is 35.3 Å². The van der Waals surface area contributed by atoms with Gasteiger partial charge in [0.2, 0.25) is 5.91 Å². The summed E-state index contributed by atoms with van der Waals surface area (Å²) in [5, 5.41) is 8.51. The molecule has 0 heterocycles. The van der Waals surface area contributed by atoms with Crippen molar-refractivity contribution < 1.29 is 14.4 Å². The third-order valence-electron chi connectivity index (χ3n) is 4.23. The Morgan fingerprint density at radius 3 is 2.37 bits per heavy atom. The molecule has 0 radical (unpaired) electrons. The molecule has 0 spiro atoms. The van der Waals surface area contributed by atoms with Gasteiger partial charge in [-0.05, 0) is 50.1 Å². The number of benzene rings is 2. The molecule has 3 N–H and O–H groups in total. The van der Waals surface area contributed by atoms with Gasteiger partial charge < -0.3 is 16.0 Å². The van der Waals surface area contributed by atoms with Crippen LogP contribution in [0.3, 0.4) is 0 Å². The van der Waals surface area contributed by atoms with Crippen molar-refractivity contribution in [1.29, 1.82) is 0 Å². The average Bonchev–Trinajstić information content (AvgIpc) is 3.46. The molecule has 6 nitrogen and oxygen atoms in total. The van der Waals surface area contributed by atoms with Crippen LogP contribution in [0.2, 0.25) is 0 Å². The fourth-order valence-electron chi connectivity index (χ4n) is 2.67. The zero-order valence-electron chi connectivity index (χ0n) is 15.2. The van der Waals surface area contributed by atoms with E-state index in [1.54, 1.807) is 55.5 Å². The van der Waals surface area contributed by atoms with Gasteiger partial charge in [-0.3, -0.25) is 14.4 Å². The molecule has 27 heavy (non-hydrogen) atoms. The quantitative estimate of drug-likeness (QED) is 0.705. The summed E-state index contributed by atoms with van der Waals surface area (Å²) in [6, 6.07) is 15.7. The Morgan fingerprint density at radius 1 is 0.963 bits per heavy atom. The van der Waals surface area contributed by atoms with E-state index in [1.165, 1.54) is 0 Å². The first kappa shape index (κ1) is 18.6. The first-order valence-corrected chi connectivity index (χ1v) is 9.08. The lowest BCUT2D eigenvalue weighted by Crippen LogP contribution is -2.35. The number of carbonyl (C=O) groups is 3. The summed E-state index contributed by atoms with van der Waals surface area (Å²) in [5.74, 6) is -0.567. The first-order chi connectivity index (χ1) is 13.0. The van der Waals surface area contributed by atoms with Crippen LogP contribution in [0.1, 0.15) is 46.9 Å². The van der Waals surface area contributed by atoms with Gasteiger partial charge in [-0.2, -0.15) is 0 Å². The van der Waals surface area contributed by atoms with Gasteiger partial charge in [0.05, 0.1) is 0 Å². The molecule has 2 aromatic rings. The summed E-state index contributed by atoms with van der Waals surface area (Å²) >= 11 is 0. The van der Waals surface area contributed by atoms with Gasteiger partial charge in [-0.1, -0.05) is 24.3 Å². The second-order valence-electron chi connectivity index (χ2n) is 6.82. The van der Waals surface area contributed by atoms with Crippen molar-refractivity contribution in [3.8, 4) is 0 Å². The molecular weight excluding hydrogens is 342 g/mol. The Bertz CT molecular complexity index is 832. The van der Waals surface area contributed by atoms with Crippen LogP contribution in [-0.2, 0) is 4.79 Å². The molecule has 1 aliphatic rings. The summed E-state index contributed by atoms with van der Waals surface area (Å²) in [6.07, 6.45) is 2.18. The van der Waals surface area contributed by atoms with E-state index >= 15 is 0 Å². The summed E-state index contributed by atoms with van der Waals surface area (Å²) in [6.45, 7) is 1.78. The third kappa shape index (κ3) is 5.67. The Morgan fingerprint density at radius 2 is 1.67 bits per heavy atom. The maximum absolute atomic E-state index is 12.2. The number of carbonyl (C=O) groups excluding carboxylic acids is 3. The average molecular weight is 365 g/mol. The number of hydrogen-bond donors (Lipinski definition) is 3. The molecule has 0 aliphatic heterocycles. The van der Waals surface area contributed by atoms with Crippen LogP contribution in [0, 0.1) is 0 Å². The van der Waals surface area contributed by atoms with Gasteiger partial charge >= 0.3 is 0 Å². The minimum absolute atomic E-state index is 0.128. The van der Waals surface area contributed by atoms with E-state index in [0.29, 0.717) is 16.8 Å². The predicted molar refractivity (Wildman–Crippen MR) is 104 cm³/mol. The monoisotopic (exact) mass is 365 g/mol. The summed E-state index contributed by atoms with van der Waals surface area (Å²) < 4.78 is 0. The van der Waals surface area contributed by atoms with E-state index in [2.05, 4.69) is 16.0 Å². The molecule has 0 unspecified atom stereocenters. The highest BCUT2D eigenvalue weighted by Crippen LogP contribution is 2.20. The first-order valence-electron chi connectivity index (χ1n) is 9.08. The molecule has 1 fully saturated rings. The second kappa shape index (κ2) is 8.49. The fraction of sp³-hybridized carbons (Fsp3) is 0.286. The van der Waals surface area contributed by atoms with Crippen LogP contribution in [0.4, 0.5) is 5.69 Å². The SMILES string of the molecule is C[C@H](CC(=O)Nc1cccc(C(=O)NC2CC2)c1)NC(=O)c1ccccc1.